The number of hydrogen-bond acceptors (Lipinski definition) is 2. The summed E-state index contributed by atoms with van der Waals surface area (Å²) in [6, 6.07) is 8.82. The van der Waals surface area contributed by atoms with Crippen LogP contribution < -0.4 is 5.32 Å². The second kappa shape index (κ2) is 5.98. The molecule has 2 aromatic carbocycles. The van der Waals surface area contributed by atoms with Gasteiger partial charge in [-0.05, 0) is 35.4 Å². The summed E-state index contributed by atoms with van der Waals surface area (Å²) in [5.74, 6) is 0. The Labute approximate surface area is 136 Å². The zero-order valence-corrected chi connectivity index (χ0v) is 13.0. The van der Waals surface area contributed by atoms with Crippen molar-refractivity contribution in [3.63, 3.8) is 0 Å². The predicted octanol–water partition coefficient (Wildman–Crippen LogP) is 3.33. The maximum absolute atomic E-state index is 12.4. The lowest BCUT2D eigenvalue weighted by molar-refractivity contribution is -0.205. The first kappa shape index (κ1) is 16.6. The zero-order chi connectivity index (χ0) is 17.5. The van der Waals surface area contributed by atoms with Gasteiger partial charge in [-0.15, -0.1) is 0 Å². The molecule has 0 radical (unpaired) electrons. The summed E-state index contributed by atoms with van der Waals surface area (Å²) in [5, 5.41) is 13.7. The molecule has 0 saturated heterocycles. The lowest BCUT2D eigenvalue weighted by atomic mass is 10.0. The number of anilines is 1. The smallest absolute Gasteiger partial charge is 0.382 e. The molecule has 0 fully saturated rings. The molecule has 2 aromatic rings. The van der Waals surface area contributed by atoms with E-state index in [1.807, 2.05) is 24.3 Å². The topological polar surface area (TPSA) is 52.6 Å². The van der Waals surface area contributed by atoms with Crippen LogP contribution >= 0.6 is 0 Å². The van der Waals surface area contributed by atoms with E-state index in [1.54, 1.807) is 6.07 Å². The maximum atomic E-state index is 12.4. The average molecular weight is 338 g/mol. The Kier molecular flexibility index (Phi) is 4.13. The van der Waals surface area contributed by atoms with Crippen molar-refractivity contribution < 1.29 is 23.1 Å². The summed E-state index contributed by atoms with van der Waals surface area (Å²) < 4.78 is 37.2. The number of alkyl halides is 3. The first-order valence-corrected chi connectivity index (χ1v) is 7.58. The molecule has 2 N–H and O–H groups in total. The predicted molar refractivity (Wildman–Crippen MR) is 85.1 cm³/mol. The highest BCUT2D eigenvalue weighted by atomic mass is 19.4. The van der Waals surface area contributed by atoms with Gasteiger partial charge >= 0.3 is 12.2 Å². The van der Waals surface area contributed by atoms with Crippen LogP contribution in [-0.4, -0.2) is 41.9 Å². The Morgan fingerprint density at radius 3 is 2.58 bits per heavy atom. The molecular weight excluding hydrogens is 321 g/mol. The van der Waals surface area contributed by atoms with Gasteiger partial charge in [0.25, 0.3) is 0 Å². The number of amides is 2. The van der Waals surface area contributed by atoms with E-state index < -0.39 is 24.9 Å². The Balaban J connectivity index is 1.79. The summed E-state index contributed by atoms with van der Waals surface area (Å²) in [6.45, 7) is -0.823. The van der Waals surface area contributed by atoms with Gasteiger partial charge in [0.15, 0.2) is 6.10 Å². The number of aliphatic hydroxyl groups is 1. The van der Waals surface area contributed by atoms with Crippen LogP contribution in [0.1, 0.15) is 11.1 Å². The maximum Gasteiger partial charge on any atom is 0.416 e. The van der Waals surface area contributed by atoms with Gasteiger partial charge < -0.3 is 15.3 Å². The van der Waals surface area contributed by atoms with Gasteiger partial charge in [-0.1, -0.05) is 24.3 Å². The summed E-state index contributed by atoms with van der Waals surface area (Å²) in [5.41, 5.74) is 2.97. The molecule has 128 valence electrons. The Morgan fingerprint density at radius 2 is 1.92 bits per heavy atom. The van der Waals surface area contributed by atoms with Crippen molar-refractivity contribution in [1.82, 2.24) is 4.90 Å². The van der Waals surface area contributed by atoms with Gasteiger partial charge in [-0.2, -0.15) is 13.2 Å². The van der Waals surface area contributed by atoms with Crippen LogP contribution in [0.2, 0.25) is 0 Å². The fraction of sp³-hybridized carbons (Fsp3) is 0.353. The number of carbonyl (C=O) groups is 1. The highest BCUT2D eigenvalue weighted by Gasteiger charge is 2.39. The molecule has 2 amide bonds. The monoisotopic (exact) mass is 338 g/mol. The van der Waals surface area contributed by atoms with E-state index in [2.05, 4.69) is 5.32 Å². The number of halogens is 3. The Bertz CT molecular complexity index is 779. The molecule has 0 aliphatic heterocycles. The van der Waals surface area contributed by atoms with Gasteiger partial charge in [0.2, 0.25) is 0 Å². The number of likely N-dealkylation sites (N-methyl/N-ethyl adjacent to an activating group) is 1. The number of nitrogens with zero attached hydrogens (tertiary/aromatic N) is 1. The average Bonchev–Trinajstić information content (AvgIpc) is 2.94. The second-order valence-electron chi connectivity index (χ2n) is 5.98. The Hall–Kier alpha value is -2.28. The number of urea groups is 1. The van der Waals surface area contributed by atoms with E-state index >= 15 is 0 Å². The SMILES string of the molecule is CN(CC(O)C(F)(F)F)C(=O)Nc1ccc2c3c(cccc13)CC2. The number of aliphatic hydroxyl groups excluding tert-OH is 1. The van der Waals surface area contributed by atoms with E-state index in [9.17, 15) is 18.0 Å². The third-order valence-electron chi connectivity index (χ3n) is 4.29. The zero-order valence-electron chi connectivity index (χ0n) is 13.0. The highest BCUT2D eigenvalue weighted by Crippen LogP contribution is 2.35. The Morgan fingerprint density at radius 1 is 1.25 bits per heavy atom. The number of hydrogen-bond donors (Lipinski definition) is 2. The van der Waals surface area contributed by atoms with Crippen molar-refractivity contribution in [3.05, 3.63) is 41.5 Å². The van der Waals surface area contributed by atoms with Crippen LogP contribution in [0.3, 0.4) is 0 Å². The van der Waals surface area contributed by atoms with Gasteiger partial charge in [0.05, 0.1) is 12.2 Å². The molecule has 7 heteroatoms. The normalized spacial score (nSPS) is 14.7. The molecule has 0 saturated carbocycles. The molecule has 0 spiro atoms. The van der Waals surface area contributed by atoms with Crippen molar-refractivity contribution in [2.24, 2.45) is 0 Å². The summed E-state index contributed by atoms with van der Waals surface area (Å²) in [6.07, 6.45) is -5.43. The van der Waals surface area contributed by atoms with Gasteiger partial charge in [0.1, 0.15) is 0 Å². The highest BCUT2D eigenvalue weighted by molar-refractivity contribution is 6.04. The second-order valence-corrected chi connectivity index (χ2v) is 5.98. The molecule has 1 unspecified atom stereocenters. The van der Waals surface area contributed by atoms with Gasteiger partial charge in [0, 0.05) is 12.4 Å². The number of rotatable bonds is 3. The number of carbonyl (C=O) groups excluding carboxylic acids is 1. The van der Waals surface area contributed by atoms with E-state index in [0.29, 0.717) is 5.69 Å². The van der Waals surface area contributed by atoms with Crippen molar-refractivity contribution in [2.75, 3.05) is 18.9 Å². The number of benzene rings is 2. The molecule has 1 aliphatic rings. The molecular formula is C17H17F3N2O2. The third-order valence-corrected chi connectivity index (χ3v) is 4.29. The van der Waals surface area contributed by atoms with E-state index in [-0.39, 0.29) is 0 Å². The molecule has 0 heterocycles. The lowest BCUT2D eigenvalue weighted by Gasteiger charge is -2.23. The molecule has 0 bridgehead atoms. The van der Waals surface area contributed by atoms with Crippen LogP contribution in [0, 0.1) is 0 Å². The molecule has 3 rings (SSSR count). The summed E-state index contributed by atoms with van der Waals surface area (Å²) in [4.78, 5) is 13.0. The first-order chi connectivity index (χ1) is 11.3. The van der Waals surface area contributed by atoms with Crippen LogP contribution in [0.5, 0.6) is 0 Å². The van der Waals surface area contributed by atoms with Crippen LogP contribution in [0.15, 0.2) is 30.3 Å². The number of aryl methyl sites for hydroxylation is 2. The van der Waals surface area contributed by atoms with Crippen molar-refractivity contribution in [1.29, 1.82) is 0 Å². The molecule has 1 aliphatic carbocycles. The largest absolute Gasteiger partial charge is 0.416 e. The summed E-state index contributed by atoms with van der Waals surface area (Å²) >= 11 is 0. The fourth-order valence-electron chi connectivity index (χ4n) is 3.01. The van der Waals surface area contributed by atoms with Crippen molar-refractivity contribution in [3.8, 4) is 0 Å². The van der Waals surface area contributed by atoms with Gasteiger partial charge in [-0.25, -0.2) is 4.79 Å². The van der Waals surface area contributed by atoms with Gasteiger partial charge in [-0.3, -0.25) is 0 Å². The van der Waals surface area contributed by atoms with Crippen LogP contribution in [0.25, 0.3) is 10.8 Å². The lowest BCUT2D eigenvalue weighted by Crippen LogP contribution is -2.43. The fourth-order valence-corrected chi connectivity index (χ4v) is 3.01. The van der Waals surface area contributed by atoms with Crippen molar-refractivity contribution >= 4 is 22.5 Å². The molecule has 4 nitrogen and oxygen atoms in total. The van der Waals surface area contributed by atoms with E-state index in [0.717, 1.165) is 28.5 Å². The van der Waals surface area contributed by atoms with Crippen molar-refractivity contribution in [2.45, 2.75) is 25.1 Å². The molecule has 1 atom stereocenters. The van der Waals surface area contributed by atoms with Crippen LogP contribution in [0.4, 0.5) is 23.7 Å². The van der Waals surface area contributed by atoms with Crippen LogP contribution in [-0.2, 0) is 12.8 Å². The minimum Gasteiger partial charge on any atom is -0.382 e. The minimum atomic E-state index is -4.75. The van der Waals surface area contributed by atoms with E-state index in [4.69, 9.17) is 5.11 Å². The minimum absolute atomic E-state index is 0.552. The molecule has 24 heavy (non-hydrogen) atoms. The van der Waals surface area contributed by atoms with E-state index in [1.165, 1.54) is 18.2 Å². The molecule has 0 aromatic heterocycles. The standard InChI is InChI=1S/C17H17F3N2O2/c1-22(9-14(23)17(18,19)20)16(24)21-13-8-7-11-6-5-10-3-2-4-12(13)15(10)11/h2-4,7-8,14,23H,5-6,9H2,1H3,(H,21,24). The quantitative estimate of drug-likeness (QED) is 0.902. The number of nitrogens with one attached hydrogen (secondary N) is 1. The third kappa shape index (κ3) is 3.03. The first-order valence-electron chi connectivity index (χ1n) is 7.58. The summed E-state index contributed by atoms with van der Waals surface area (Å²) in [7, 11) is 1.21.